The van der Waals surface area contributed by atoms with Gasteiger partial charge in [-0.15, -0.1) is 0 Å². The molecule has 0 aromatic heterocycles. The highest BCUT2D eigenvalue weighted by molar-refractivity contribution is 14.1. The maximum atomic E-state index is 12.4. The Kier molecular flexibility index (Phi) is 3.08. The molecule has 3 saturated heterocycles. The van der Waals surface area contributed by atoms with E-state index >= 15 is 0 Å². The number of hydrogen-bond acceptors (Lipinski definition) is 6. The van der Waals surface area contributed by atoms with E-state index in [1.807, 2.05) is 24.3 Å². The van der Waals surface area contributed by atoms with Gasteiger partial charge in [-0.25, -0.2) is 0 Å². The zero-order chi connectivity index (χ0) is 16.6. The molecule has 3 aliphatic heterocycles. The summed E-state index contributed by atoms with van der Waals surface area (Å²) in [6.07, 6.45) is -0.317. The third-order valence-electron chi connectivity index (χ3n) is 5.44. The van der Waals surface area contributed by atoms with Crippen LogP contribution >= 0.6 is 22.6 Å². The largest absolute Gasteiger partial charge is 0.458 e. The summed E-state index contributed by atoms with van der Waals surface area (Å²) in [6.45, 7) is 0.394. The van der Waals surface area contributed by atoms with Crippen LogP contribution in [0.1, 0.15) is 12.0 Å². The van der Waals surface area contributed by atoms with Gasteiger partial charge in [0.25, 0.3) is 5.91 Å². The van der Waals surface area contributed by atoms with Gasteiger partial charge in [-0.05, 0) is 40.3 Å². The molecule has 5 rings (SSSR count). The van der Waals surface area contributed by atoms with Gasteiger partial charge >= 0.3 is 5.97 Å². The fraction of sp³-hybridized carbons (Fsp3) is 0.500. The zero-order valence-corrected chi connectivity index (χ0v) is 14.7. The first-order chi connectivity index (χ1) is 11.5. The van der Waals surface area contributed by atoms with E-state index in [1.165, 1.54) is 0 Å². The van der Waals surface area contributed by atoms with Crippen molar-refractivity contribution in [3.05, 3.63) is 33.4 Å². The van der Waals surface area contributed by atoms with Gasteiger partial charge in [-0.1, -0.05) is 12.1 Å². The molecule has 1 saturated carbocycles. The van der Waals surface area contributed by atoms with Crippen molar-refractivity contribution in [3.63, 3.8) is 0 Å². The summed E-state index contributed by atoms with van der Waals surface area (Å²) >= 11 is 2.23. The lowest BCUT2D eigenvalue weighted by Gasteiger charge is -2.34. The number of benzene rings is 1. The van der Waals surface area contributed by atoms with Gasteiger partial charge in [-0.3, -0.25) is 14.4 Å². The van der Waals surface area contributed by atoms with Crippen LogP contribution in [0.5, 0.6) is 0 Å². The van der Waals surface area contributed by atoms with Gasteiger partial charge in [0.05, 0.1) is 18.6 Å². The fourth-order valence-corrected chi connectivity index (χ4v) is 4.67. The lowest BCUT2D eigenvalue weighted by atomic mass is 9.72. The summed E-state index contributed by atoms with van der Waals surface area (Å²) in [6, 6.07) is 7.31. The maximum Gasteiger partial charge on any atom is 0.326 e. The molecule has 0 radical (unpaired) electrons. The number of nitrogens with two attached hydrogens (primary N) is 1. The predicted molar refractivity (Wildman–Crippen MR) is 88.1 cm³/mol. The number of carbonyl (C=O) groups excluding carboxylic acids is 2. The number of halogens is 1. The van der Waals surface area contributed by atoms with Crippen molar-refractivity contribution in [2.45, 2.75) is 42.9 Å². The topological polar surface area (TPSA) is 94.4 Å². The van der Waals surface area contributed by atoms with E-state index in [0.29, 0.717) is 13.0 Å². The number of rotatable bonds is 3. The number of carbonyl (C=O) groups is 2. The monoisotopic (exact) mass is 442 g/mol. The van der Waals surface area contributed by atoms with Crippen LogP contribution < -0.4 is 5.73 Å². The number of epoxide rings is 1. The third-order valence-corrected chi connectivity index (χ3v) is 6.15. The minimum absolute atomic E-state index is 0.122. The van der Waals surface area contributed by atoms with E-state index in [0.717, 1.165) is 9.13 Å². The Balaban J connectivity index is 1.51. The Morgan fingerprint density at radius 2 is 2.08 bits per heavy atom. The zero-order valence-electron chi connectivity index (χ0n) is 12.6. The average Bonchev–Trinajstić information content (AvgIpc) is 3.11. The van der Waals surface area contributed by atoms with E-state index < -0.39 is 29.6 Å². The Morgan fingerprint density at radius 3 is 2.79 bits per heavy atom. The van der Waals surface area contributed by atoms with Crippen LogP contribution in [-0.2, 0) is 30.4 Å². The normalized spacial score (nSPS) is 42.4. The van der Waals surface area contributed by atoms with Crippen molar-refractivity contribution in [1.82, 2.24) is 5.06 Å². The molecule has 1 aromatic rings. The smallest absolute Gasteiger partial charge is 0.326 e. The molecule has 0 spiro atoms. The van der Waals surface area contributed by atoms with E-state index in [4.69, 9.17) is 20.0 Å². The number of hydroxylamine groups is 2. The van der Waals surface area contributed by atoms with Gasteiger partial charge < -0.3 is 15.2 Å². The van der Waals surface area contributed by atoms with Gasteiger partial charge in [0.1, 0.15) is 18.2 Å². The third kappa shape index (κ3) is 1.94. The Hall–Kier alpha value is -1.23. The van der Waals surface area contributed by atoms with Crippen molar-refractivity contribution in [2.24, 2.45) is 11.7 Å². The van der Waals surface area contributed by atoms with Crippen LogP contribution in [0.15, 0.2) is 24.3 Å². The van der Waals surface area contributed by atoms with Crippen molar-refractivity contribution in [3.8, 4) is 0 Å². The molecule has 3 heterocycles. The molecule has 1 aliphatic carbocycles. The van der Waals surface area contributed by atoms with Gasteiger partial charge in [0, 0.05) is 9.99 Å². The van der Waals surface area contributed by atoms with Crippen molar-refractivity contribution >= 4 is 34.5 Å². The summed E-state index contributed by atoms with van der Waals surface area (Å²) < 4.78 is 12.2. The Labute approximate surface area is 151 Å². The molecule has 0 bridgehead atoms. The minimum atomic E-state index is -1.22. The summed E-state index contributed by atoms with van der Waals surface area (Å²) in [5, 5.41) is 1.57. The highest BCUT2D eigenvalue weighted by atomic mass is 127. The number of fused-ring (bicyclic) bond motifs is 2. The summed E-state index contributed by atoms with van der Waals surface area (Å²) in [5.41, 5.74) is 5.46. The summed E-state index contributed by atoms with van der Waals surface area (Å²) in [7, 11) is 0. The van der Waals surface area contributed by atoms with Crippen LogP contribution in [-0.4, -0.2) is 46.9 Å². The molecule has 4 aliphatic rings. The fourth-order valence-electron chi connectivity index (χ4n) is 4.31. The number of primary amides is 1. The lowest BCUT2D eigenvalue weighted by molar-refractivity contribution is -0.227. The second kappa shape index (κ2) is 4.90. The van der Waals surface area contributed by atoms with Gasteiger partial charge in [0.15, 0.2) is 5.60 Å². The van der Waals surface area contributed by atoms with Gasteiger partial charge in [0.2, 0.25) is 0 Å². The molecule has 1 amide bonds. The quantitative estimate of drug-likeness (QED) is 0.413. The van der Waals surface area contributed by atoms with E-state index in [-0.39, 0.29) is 18.2 Å². The molecule has 4 fully saturated rings. The van der Waals surface area contributed by atoms with Crippen LogP contribution in [0, 0.1) is 9.49 Å². The van der Waals surface area contributed by atoms with Crippen molar-refractivity contribution in [1.29, 1.82) is 0 Å². The summed E-state index contributed by atoms with van der Waals surface area (Å²) in [4.78, 5) is 30.7. The second-order valence-electron chi connectivity index (χ2n) is 6.76. The van der Waals surface area contributed by atoms with Crippen LogP contribution in [0.4, 0.5) is 0 Å². The molecular weight excluding hydrogens is 427 g/mol. The van der Waals surface area contributed by atoms with Gasteiger partial charge in [-0.2, -0.15) is 5.06 Å². The van der Waals surface area contributed by atoms with E-state index in [9.17, 15) is 9.59 Å². The number of nitrogens with zero attached hydrogens (tertiary/aromatic N) is 1. The summed E-state index contributed by atoms with van der Waals surface area (Å²) in [5.74, 6) is -1.33. The first-order valence-electron chi connectivity index (χ1n) is 7.86. The molecule has 2 N–H and O–H groups in total. The van der Waals surface area contributed by atoms with E-state index in [2.05, 4.69) is 22.6 Å². The number of esters is 1. The average molecular weight is 442 g/mol. The van der Waals surface area contributed by atoms with Crippen molar-refractivity contribution < 1.29 is 23.9 Å². The Bertz CT molecular complexity index is 740. The van der Waals surface area contributed by atoms with Crippen LogP contribution in [0.2, 0.25) is 0 Å². The van der Waals surface area contributed by atoms with Crippen LogP contribution in [0.25, 0.3) is 0 Å². The highest BCUT2D eigenvalue weighted by Gasteiger charge is 2.76. The highest BCUT2D eigenvalue weighted by Crippen LogP contribution is 2.57. The van der Waals surface area contributed by atoms with Crippen LogP contribution in [0.3, 0.4) is 0 Å². The predicted octanol–water partition coefficient (Wildman–Crippen LogP) is 0.344. The number of amides is 1. The maximum absolute atomic E-state index is 12.4. The Morgan fingerprint density at radius 1 is 1.33 bits per heavy atom. The molecule has 6 atom stereocenters. The molecule has 126 valence electrons. The molecular formula is C16H15IN2O5. The lowest BCUT2D eigenvalue weighted by Crippen LogP contribution is -2.57. The molecule has 1 aromatic carbocycles. The van der Waals surface area contributed by atoms with Crippen molar-refractivity contribution in [2.75, 3.05) is 0 Å². The minimum Gasteiger partial charge on any atom is -0.458 e. The first-order valence-corrected chi connectivity index (χ1v) is 8.93. The second-order valence-corrected chi connectivity index (χ2v) is 8.01. The number of ether oxygens (including phenoxy) is 2. The standard InChI is InChI=1S/C16H15IN2O5/c17-8-3-1-7(2-4-8)6-19-11-10-13(23-14(11)20)12-9(22-12)5-16(10,24-19)15(18)21/h1-4,9-13H,5-6H2,(H2,18,21)/t9-,10+,11-,12-,13-,16-/m0/s1. The SMILES string of the molecule is NC(=O)[C@]12C[C@@H]3O[C@@H]3[C@H]3OC(=O)[C@H]([C@H]31)N(Cc1ccc(I)cc1)O2. The number of hydrogen-bond donors (Lipinski definition) is 1. The molecule has 8 heteroatoms. The molecule has 7 nitrogen and oxygen atoms in total. The van der Waals surface area contributed by atoms with E-state index in [1.54, 1.807) is 5.06 Å². The first kappa shape index (κ1) is 15.1. The molecule has 0 unspecified atom stereocenters. The molecule has 24 heavy (non-hydrogen) atoms.